The van der Waals surface area contributed by atoms with Crippen LogP contribution in [0.15, 0.2) is 108 Å². The van der Waals surface area contributed by atoms with Gasteiger partial charge in [0, 0.05) is 21.5 Å². The predicted octanol–water partition coefficient (Wildman–Crippen LogP) is 9.94. The lowest BCUT2D eigenvalue weighted by Gasteiger charge is -2.11. The second kappa shape index (κ2) is 8.54. The van der Waals surface area contributed by atoms with Crippen LogP contribution in [0.5, 0.6) is 0 Å². The lowest BCUT2D eigenvalue weighted by Crippen LogP contribution is -2.01. The van der Waals surface area contributed by atoms with Crippen molar-refractivity contribution >= 4 is 83.2 Å². The summed E-state index contributed by atoms with van der Waals surface area (Å²) in [6, 6.07) is 28.9. The van der Waals surface area contributed by atoms with Gasteiger partial charge in [0.05, 0.1) is 22.1 Å². The minimum absolute atomic E-state index is 0.340. The van der Waals surface area contributed by atoms with Crippen LogP contribution in [-0.2, 0) is 0 Å². The molecule has 8 rings (SSSR count). The van der Waals surface area contributed by atoms with Crippen molar-refractivity contribution in [2.75, 3.05) is 0 Å². The molecule has 0 unspecified atom stereocenters. The highest BCUT2D eigenvalue weighted by atomic mass is 35.5. The van der Waals surface area contributed by atoms with Gasteiger partial charge >= 0.3 is 0 Å². The summed E-state index contributed by atoms with van der Waals surface area (Å²) in [5.74, 6) is 0.579. The number of fused-ring (bicyclic) bond motifs is 11. The van der Waals surface area contributed by atoms with Crippen LogP contribution in [0.25, 0.3) is 77.4 Å². The molecule has 0 radical (unpaired) electrons. The van der Waals surface area contributed by atoms with Crippen LogP contribution in [0.4, 0.5) is 0 Å². The first-order valence-corrected chi connectivity index (χ1v) is 13.5. The lowest BCUT2D eigenvalue weighted by atomic mass is 9.95. The molecule has 0 saturated carbocycles. The van der Waals surface area contributed by atoms with Crippen molar-refractivity contribution < 1.29 is 4.42 Å². The number of furan rings is 1. The first kappa shape index (κ1) is 23.0. The Hall–Kier alpha value is -4.93. The number of hydrogen-bond acceptors (Lipinski definition) is 3. The van der Waals surface area contributed by atoms with Crippen molar-refractivity contribution in [3.05, 3.63) is 120 Å². The van der Waals surface area contributed by atoms with Gasteiger partial charge in [0.1, 0.15) is 5.58 Å². The minimum atomic E-state index is 0.340. The highest BCUT2D eigenvalue weighted by Gasteiger charge is 2.25. The van der Waals surface area contributed by atoms with Gasteiger partial charge in [0.25, 0.3) is 0 Å². The molecule has 5 heteroatoms. The van der Waals surface area contributed by atoms with E-state index in [2.05, 4.69) is 78.7 Å². The molecule has 0 N–H and O–H groups in total. The summed E-state index contributed by atoms with van der Waals surface area (Å²) >= 11 is 6.90. The number of rotatable bonds is 3. The molecular weight excluding hydrogens is 514 g/mol. The summed E-state index contributed by atoms with van der Waals surface area (Å²) in [6.07, 6.45) is 5.84. The molecule has 3 heterocycles. The highest BCUT2D eigenvalue weighted by Crippen LogP contribution is 2.46. The highest BCUT2D eigenvalue weighted by molar-refractivity contribution is 6.36. The molecule has 0 saturated heterocycles. The zero-order valence-electron chi connectivity index (χ0n) is 21.6. The topological polar surface area (TPSA) is 43.9 Å². The third-order valence-corrected chi connectivity index (χ3v) is 8.10. The maximum atomic E-state index is 6.90. The van der Waals surface area contributed by atoms with Gasteiger partial charge in [-0.15, -0.1) is 0 Å². The molecule has 0 bridgehead atoms. The van der Waals surface area contributed by atoms with Crippen molar-refractivity contribution in [1.82, 2.24) is 14.5 Å². The average molecular weight is 536 g/mol. The van der Waals surface area contributed by atoms with Crippen molar-refractivity contribution in [1.29, 1.82) is 0 Å². The van der Waals surface area contributed by atoms with Gasteiger partial charge in [0.2, 0.25) is 0 Å². The molecule has 8 aromatic rings. The van der Waals surface area contributed by atoms with Gasteiger partial charge in [-0.2, -0.15) is 0 Å². The number of para-hydroxylation sites is 3. The molecule has 3 aromatic heterocycles. The van der Waals surface area contributed by atoms with Crippen molar-refractivity contribution in [2.45, 2.75) is 6.92 Å². The van der Waals surface area contributed by atoms with Crippen LogP contribution in [-0.4, -0.2) is 14.5 Å². The van der Waals surface area contributed by atoms with Gasteiger partial charge in [-0.3, -0.25) is 4.57 Å². The summed E-state index contributed by atoms with van der Waals surface area (Å²) in [4.78, 5) is 9.75. The van der Waals surface area contributed by atoms with E-state index in [0.717, 1.165) is 76.7 Å². The summed E-state index contributed by atoms with van der Waals surface area (Å²) in [7, 11) is 0. The maximum absolute atomic E-state index is 6.90. The SMILES string of the molecule is C=C/C=C\c1ccc2oc3c(c4ccccc4c4c5ccccc5n(-c5nc6ccccc6nc5Cl)c34)c2c1C. The van der Waals surface area contributed by atoms with E-state index in [0.29, 0.717) is 11.0 Å². The number of hydrogen-bond donors (Lipinski definition) is 0. The zero-order valence-corrected chi connectivity index (χ0v) is 22.4. The maximum Gasteiger partial charge on any atom is 0.176 e. The molecule has 40 heavy (non-hydrogen) atoms. The first-order chi connectivity index (χ1) is 19.7. The molecule has 0 aliphatic rings. The molecule has 4 nitrogen and oxygen atoms in total. The molecule has 0 atom stereocenters. The third-order valence-electron chi connectivity index (χ3n) is 7.85. The van der Waals surface area contributed by atoms with Crippen molar-refractivity contribution in [3.8, 4) is 5.82 Å². The smallest absolute Gasteiger partial charge is 0.176 e. The summed E-state index contributed by atoms with van der Waals surface area (Å²) < 4.78 is 8.90. The largest absolute Gasteiger partial charge is 0.454 e. The van der Waals surface area contributed by atoms with Crippen molar-refractivity contribution in [2.24, 2.45) is 0 Å². The van der Waals surface area contributed by atoms with Crippen LogP contribution in [0.2, 0.25) is 5.15 Å². The van der Waals surface area contributed by atoms with Gasteiger partial charge in [-0.25, -0.2) is 9.97 Å². The van der Waals surface area contributed by atoms with Crippen LogP contribution in [0, 0.1) is 6.92 Å². The summed E-state index contributed by atoms with van der Waals surface area (Å²) in [6.45, 7) is 5.99. The fourth-order valence-electron chi connectivity index (χ4n) is 6.13. The normalized spacial score (nSPS) is 12.2. The number of benzene rings is 5. The third kappa shape index (κ3) is 3.08. The van der Waals surface area contributed by atoms with Crippen LogP contribution in [0.1, 0.15) is 11.1 Å². The number of aryl methyl sites for hydroxylation is 1. The van der Waals surface area contributed by atoms with E-state index in [9.17, 15) is 0 Å². The Bertz CT molecular complexity index is 2380. The standard InChI is InChI=1S/C35H22ClN3O/c1-3-4-11-21-18-19-28-29(20(21)2)31-23-13-6-5-12-22(23)30-24-14-7-10-17-27(24)39(32(30)33(31)40-28)35-34(36)37-25-15-8-9-16-26(25)38-35/h3-19H,1H2,2H3/b11-4-. The molecule has 190 valence electrons. The van der Waals surface area contributed by atoms with Gasteiger partial charge in [-0.05, 0) is 53.1 Å². The van der Waals surface area contributed by atoms with Gasteiger partial charge in [0.15, 0.2) is 16.6 Å². The summed E-state index contributed by atoms with van der Waals surface area (Å²) in [5.41, 5.74) is 7.39. The van der Waals surface area contributed by atoms with E-state index in [1.807, 2.05) is 36.4 Å². The van der Waals surface area contributed by atoms with E-state index in [4.69, 9.17) is 26.0 Å². The summed E-state index contributed by atoms with van der Waals surface area (Å²) in [5, 5.41) is 7.04. The second-order valence-corrected chi connectivity index (χ2v) is 10.4. The van der Waals surface area contributed by atoms with E-state index in [1.54, 1.807) is 6.08 Å². The first-order valence-electron chi connectivity index (χ1n) is 13.2. The zero-order chi connectivity index (χ0) is 27.0. The molecule has 0 fully saturated rings. The monoisotopic (exact) mass is 535 g/mol. The second-order valence-electron chi connectivity index (χ2n) is 10.0. The fraction of sp³-hybridized carbons (Fsp3) is 0.0286. The van der Waals surface area contributed by atoms with E-state index >= 15 is 0 Å². The Kier molecular flexibility index (Phi) is 4.91. The van der Waals surface area contributed by atoms with E-state index in [-0.39, 0.29) is 0 Å². The van der Waals surface area contributed by atoms with Crippen molar-refractivity contribution in [3.63, 3.8) is 0 Å². The van der Waals surface area contributed by atoms with Crippen LogP contribution >= 0.6 is 11.6 Å². The van der Waals surface area contributed by atoms with E-state index < -0.39 is 0 Å². The minimum Gasteiger partial charge on any atom is -0.454 e. The Balaban J connectivity index is 1.65. The Labute approximate surface area is 234 Å². The molecule has 0 aliphatic carbocycles. The predicted molar refractivity (Wildman–Crippen MR) is 168 cm³/mol. The number of nitrogens with zero attached hydrogens (tertiary/aromatic N) is 3. The number of halogens is 1. The Morgan fingerprint density at radius 3 is 2.23 bits per heavy atom. The molecule has 0 amide bonds. The van der Waals surface area contributed by atoms with Crippen LogP contribution in [0.3, 0.4) is 0 Å². The average Bonchev–Trinajstić information content (AvgIpc) is 3.54. The van der Waals surface area contributed by atoms with Crippen LogP contribution < -0.4 is 0 Å². The number of allylic oxidation sites excluding steroid dienone is 2. The Morgan fingerprint density at radius 2 is 1.45 bits per heavy atom. The van der Waals surface area contributed by atoms with E-state index in [1.165, 1.54) is 0 Å². The lowest BCUT2D eigenvalue weighted by molar-refractivity contribution is 0.671. The molecule has 5 aromatic carbocycles. The molecular formula is C35H22ClN3O. The quantitative estimate of drug-likeness (QED) is 0.211. The van der Waals surface area contributed by atoms with Gasteiger partial charge in [-0.1, -0.05) is 97.1 Å². The Morgan fingerprint density at radius 1 is 0.775 bits per heavy atom. The fourth-order valence-corrected chi connectivity index (χ4v) is 6.35. The van der Waals surface area contributed by atoms with Gasteiger partial charge < -0.3 is 4.42 Å². The molecule has 0 aliphatic heterocycles. The molecule has 0 spiro atoms. The number of aromatic nitrogens is 3.